The minimum atomic E-state index is -4.41. The topological polar surface area (TPSA) is 59.9 Å². The SMILES string of the molecule is COc1cccc(CCNc2nncc(-c3cccc(C(F)(F)F)c3)n2)c1. The van der Waals surface area contributed by atoms with Crippen LogP contribution in [-0.2, 0) is 12.6 Å². The van der Waals surface area contributed by atoms with E-state index >= 15 is 0 Å². The molecular weight excluding hydrogens is 357 g/mol. The van der Waals surface area contributed by atoms with E-state index in [0.29, 0.717) is 24.2 Å². The highest BCUT2D eigenvalue weighted by molar-refractivity contribution is 5.60. The Kier molecular flexibility index (Phi) is 5.54. The van der Waals surface area contributed by atoms with E-state index in [-0.39, 0.29) is 5.95 Å². The van der Waals surface area contributed by atoms with Crippen LogP contribution in [0.1, 0.15) is 11.1 Å². The summed E-state index contributed by atoms with van der Waals surface area (Å²) in [4.78, 5) is 4.25. The number of nitrogens with zero attached hydrogens (tertiary/aromatic N) is 3. The third-order valence-electron chi connectivity index (χ3n) is 3.88. The van der Waals surface area contributed by atoms with Crippen LogP contribution in [0.2, 0.25) is 0 Å². The van der Waals surface area contributed by atoms with E-state index in [0.717, 1.165) is 23.4 Å². The maximum Gasteiger partial charge on any atom is 0.416 e. The zero-order chi connectivity index (χ0) is 19.3. The lowest BCUT2D eigenvalue weighted by atomic mass is 10.1. The van der Waals surface area contributed by atoms with Gasteiger partial charge in [-0.3, -0.25) is 0 Å². The van der Waals surface area contributed by atoms with E-state index in [9.17, 15) is 13.2 Å². The molecule has 0 unspecified atom stereocenters. The van der Waals surface area contributed by atoms with Gasteiger partial charge in [-0.1, -0.05) is 24.3 Å². The number of hydrogen-bond acceptors (Lipinski definition) is 5. The number of nitrogens with one attached hydrogen (secondary N) is 1. The normalized spacial score (nSPS) is 11.3. The van der Waals surface area contributed by atoms with Crippen LogP contribution in [0, 0.1) is 0 Å². The third kappa shape index (κ3) is 4.93. The van der Waals surface area contributed by atoms with Crippen molar-refractivity contribution in [2.45, 2.75) is 12.6 Å². The van der Waals surface area contributed by atoms with Crippen LogP contribution < -0.4 is 10.1 Å². The maximum atomic E-state index is 12.9. The van der Waals surface area contributed by atoms with E-state index in [1.54, 1.807) is 13.2 Å². The molecule has 0 atom stereocenters. The Bertz CT molecular complexity index is 915. The van der Waals surface area contributed by atoms with Crippen LogP contribution in [-0.4, -0.2) is 28.8 Å². The zero-order valence-corrected chi connectivity index (χ0v) is 14.5. The van der Waals surface area contributed by atoms with Crippen LogP contribution in [0.15, 0.2) is 54.7 Å². The first kappa shape index (κ1) is 18.6. The molecule has 140 valence electrons. The molecule has 8 heteroatoms. The summed E-state index contributed by atoms with van der Waals surface area (Å²) in [6.45, 7) is 0.543. The second-order valence-electron chi connectivity index (χ2n) is 5.77. The Labute approximate surface area is 154 Å². The molecule has 0 amide bonds. The fourth-order valence-electron chi connectivity index (χ4n) is 2.52. The monoisotopic (exact) mass is 374 g/mol. The molecule has 1 heterocycles. The summed E-state index contributed by atoms with van der Waals surface area (Å²) >= 11 is 0. The first-order valence-electron chi connectivity index (χ1n) is 8.20. The van der Waals surface area contributed by atoms with Gasteiger partial charge in [0.1, 0.15) is 5.75 Å². The number of hydrogen-bond donors (Lipinski definition) is 1. The lowest BCUT2D eigenvalue weighted by molar-refractivity contribution is -0.137. The molecule has 2 aromatic carbocycles. The molecule has 5 nitrogen and oxygen atoms in total. The van der Waals surface area contributed by atoms with Crippen molar-refractivity contribution in [3.63, 3.8) is 0 Å². The summed E-state index contributed by atoms with van der Waals surface area (Å²) in [5.74, 6) is 1.03. The van der Waals surface area contributed by atoms with E-state index in [4.69, 9.17) is 4.74 Å². The van der Waals surface area contributed by atoms with Gasteiger partial charge < -0.3 is 10.1 Å². The van der Waals surface area contributed by atoms with E-state index < -0.39 is 11.7 Å². The van der Waals surface area contributed by atoms with Gasteiger partial charge in [-0.2, -0.15) is 18.3 Å². The lowest BCUT2D eigenvalue weighted by Crippen LogP contribution is -2.09. The van der Waals surface area contributed by atoms with E-state index in [1.165, 1.54) is 12.3 Å². The van der Waals surface area contributed by atoms with Gasteiger partial charge >= 0.3 is 6.18 Å². The highest BCUT2D eigenvalue weighted by atomic mass is 19.4. The van der Waals surface area contributed by atoms with E-state index in [2.05, 4.69) is 20.5 Å². The predicted molar refractivity (Wildman–Crippen MR) is 95.5 cm³/mol. The van der Waals surface area contributed by atoms with Gasteiger partial charge in [0, 0.05) is 12.1 Å². The number of halogens is 3. The molecule has 0 fully saturated rings. The molecule has 0 bridgehead atoms. The van der Waals surface area contributed by atoms with Crippen molar-refractivity contribution in [2.75, 3.05) is 19.0 Å². The van der Waals surface area contributed by atoms with E-state index in [1.807, 2.05) is 24.3 Å². The quantitative estimate of drug-likeness (QED) is 0.700. The van der Waals surface area contributed by atoms with Gasteiger partial charge in [0.25, 0.3) is 0 Å². The Morgan fingerprint density at radius 1 is 1.07 bits per heavy atom. The van der Waals surface area contributed by atoms with Crippen molar-refractivity contribution in [1.82, 2.24) is 15.2 Å². The predicted octanol–water partition coefficient (Wildman–Crippen LogP) is 4.22. The van der Waals surface area contributed by atoms with Gasteiger partial charge in [-0.25, -0.2) is 4.98 Å². The van der Waals surface area contributed by atoms with Crippen molar-refractivity contribution in [2.24, 2.45) is 0 Å². The number of anilines is 1. The molecule has 0 saturated heterocycles. The molecule has 0 aliphatic heterocycles. The molecule has 0 aliphatic rings. The van der Waals surface area contributed by atoms with Crippen LogP contribution in [0.5, 0.6) is 5.75 Å². The number of aromatic nitrogens is 3. The van der Waals surface area contributed by atoms with Crippen LogP contribution in [0.3, 0.4) is 0 Å². The Morgan fingerprint density at radius 3 is 2.67 bits per heavy atom. The number of benzene rings is 2. The first-order valence-corrected chi connectivity index (χ1v) is 8.20. The fraction of sp³-hybridized carbons (Fsp3) is 0.211. The summed E-state index contributed by atoms with van der Waals surface area (Å²) in [6, 6.07) is 12.6. The average molecular weight is 374 g/mol. The molecule has 0 radical (unpaired) electrons. The fourth-order valence-corrected chi connectivity index (χ4v) is 2.52. The highest BCUT2D eigenvalue weighted by Crippen LogP contribution is 2.31. The van der Waals surface area contributed by atoms with Crippen molar-refractivity contribution in [1.29, 1.82) is 0 Å². The summed E-state index contributed by atoms with van der Waals surface area (Å²) in [5.41, 5.74) is 0.991. The Hall–Kier alpha value is -3.16. The van der Waals surface area contributed by atoms with Gasteiger partial charge in [-0.15, -0.1) is 5.10 Å². The molecule has 1 N–H and O–H groups in total. The van der Waals surface area contributed by atoms with Gasteiger partial charge in [0.05, 0.1) is 24.6 Å². The largest absolute Gasteiger partial charge is 0.497 e. The summed E-state index contributed by atoms with van der Waals surface area (Å²) in [7, 11) is 1.61. The number of ether oxygens (including phenoxy) is 1. The lowest BCUT2D eigenvalue weighted by Gasteiger charge is -2.09. The summed E-state index contributed by atoms with van der Waals surface area (Å²) in [5, 5.41) is 10.7. The summed E-state index contributed by atoms with van der Waals surface area (Å²) in [6.07, 6.45) is -2.37. The maximum absolute atomic E-state index is 12.9. The van der Waals surface area contributed by atoms with Gasteiger partial charge in [0.15, 0.2) is 0 Å². The van der Waals surface area contributed by atoms with Crippen LogP contribution in [0.25, 0.3) is 11.3 Å². The van der Waals surface area contributed by atoms with Crippen molar-refractivity contribution in [3.8, 4) is 17.0 Å². The zero-order valence-electron chi connectivity index (χ0n) is 14.5. The number of alkyl halides is 3. The smallest absolute Gasteiger partial charge is 0.416 e. The first-order chi connectivity index (χ1) is 13.0. The molecule has 3 rings (SSSR count). The summed E-state index contributed by atoms with van der Waals surface area (Å²) < 4.78 is 43.8. The van der Waals surface area contributed by atoms with Crippen LogP contribution in [0.4, 0.5) is 19.1 Å². The molecule has 0 saturated carbocycles. The highest BCUT2D eigenvalue weighted by Gasteiger charge is 2.30. The van der Waals surface area contributed by atoms with Gasteiger partial charge in [0.2, 0.25) is 5.95 Å². The number of methoxy groups -OCH3 is 1. The second kappa shape index (κ2) is 8.03. The molecule has 0 aliphatic carbocycles. The molecule has 3 aromatic rings. The molecular formula is C19H17F3N4O. The van der Waals surface area contributed by atoms with Crippen molar-refractivity contribution < 1.29 is 17.9 Å². The van der Waals surface area contributed by atoms with Crippen molar-refractivity contribution in [3.05, 3.63) is 65.9 Å². The van der Waals surface area contributed by atoms with Crippen molar-refractivity contribution >= 4 is 5.95 Å². The molecule has 1 aromatic heterocycles. The minimum Gasteiger partial charge on any atom is -0.497 e. The molecule has 0 spiro atoms. The Morgan fingerprint density at radius 2 is 1.89 bits per heavy atom. The third-order valence-corrected chi connectivity index (χ3v) is 3.88. The minimum absolute atomic E-state index is 0.257. The standard InChI is InChI=1S/C19H17F3N4O/c1-27-16-7-2-4-13(10-16)8-9-23-18-25-17(12-24-26-18)14-5-3-6-15(11-14)19(20,21)22/h2-7,10-12H,8-9H2,1H3,(H,23,25,26). The van der Waals surface area contributed by atoms with Crippen LogP contribution >= 0.6 is 0 Å². The Balaban J connectivity index is 1.69. The second-order valence-corrected chi connectivity index (χ2v) is 5.77. The van der Waals surface area contributed by atoms with Gasteiger partial charge in [-0.05, 0) is 36.2 Å². The number of rotatable bonds is 6. The molecule has 27 heavy (non-hydrogen) atoms. The average Bonchev–Trinajstić information content (AvgIpc) is 2.68.